The fourth-order valence-corrected chi connectivity index (χ4v) is 1.53. The number of halogens is 1. The zero-order chi connectivity index (χ0) is 11.5. The highest BCUT2D eigenvalue weighted by Gasteiger charge is 2.07. The van der Waals surface area contributed by atoms with E-state index in [0.717, 1.165) is 11.3 Å². The standard InChI is InChI=1S/C11H11BrN2O2/c1-7(2)15-9-5-3-4-8(6-9)10-13-14-11(12)16-10/h3-7H,1-2H3. The molecule has 84 valence electrons. The summed E-state index contributed by atoms with van der Waals surface area (Å²) in [6.07, 6.45) is 0.143. The van der Waals surface area contributed by atoms with Gasteiger partial charge in [0.15, 0.2) is 0 Å². The number of benzene rings is 1. The van der Waals surface area contributed by atoms with Gasteiger partial charge in [-0.1, -0.05) is 6.07 Å². The quantitative estimate of drug-likeness (QED) is 0.867. The van der Waals surface area contributed by atoms with Gasteiger partial charge in [0.05, 0.1) is 6.10 Å². The van der Waals surface area contributed by atoms with Crippen LogP contribution in [0.15, 0.2) is 33.5 Å². The first-order chi connectivity index (χ1) is 7.65. The van der Waals surface area contributed by atoms with Gasteiger partial charge in [0, 0.05) is 21.5 Å². The summed E-state index contributed by atoms with van der Waals surface area (Å²) in [5.74, 6) is 1.27. The third-order valence-corrected chi connectivity index (χ3v) is 2.17. The van der Waals surface area contributed by atoms with Crippen LogP contribution < -0.4 is 4.74 Å². The highest BCUT2D eigenvalue weighted by Crippen LogP contribution is 2.24. The molecule has 16 heavy (non-hydrogen) atoms. The monoisotopic (exact) mass is 282 g/mol. The van der Waals surface area contributed by atoms with Crippen LogP contribution in [0.2, 0.25) is 0 Å². The second kappa shape index (κ2) is 4.65. The van der Waals surface area contributed by atoms with E-state index in [9.17, 15) is 0 Å². The van der Waals surface area contributed by atoms with Gasteiger partial charge in [-0.25, -0.2) is 0 Å². The Hall–Kier alpha value is -1.36. The molecule has 0 fully saturated rings. The summed E-state index contributed by atoms with van der Waals surface area (Å²) in [4.78, 5) is 0.373. The maximum Gasteiger partial charge on any atom is 0.285 e. The zero-order valence-electron chi connectivity index (χ0n) is 8.98. The summed E-state index contributed by atoms with van der Waals surface area (Å²) in [6, 6.07) is 7.56. The molecular formula is C11H11BrN2O2. The van der Waals surface area contributed by atoms with Crippen LogP contribution in [-0.4, -0.2) is 16.3 Å². The Bertz CT molecular complexity index is 482. The van der Waals surface area contributed by atoms with Gasteiger partial charge < -0.3 is 9.15 Å². The van der Waals surface area contributed by atoms with E-state index in [4.69, 9.17) is 9.15 Å². The Morgan fingerprint density at radius 2 is 2.12 bits per heavy atom. The lowest BCUT2D eigenvalue weighted by atomic mass is 10.2. The summed E-state index contributed by atoms with van der Waals surface area (Å²) < 4.78 is 10.8. The first kappa shape index (κ1) is 11.1. The molecule has 0 radical (unpaired) electrons. The van der Waals surface area contributed by atoms with Crippen molar-refractivity contribution in [2.24, 2.45) is 0 Å². The lowest BCUT2D eigenvalue weighted by Gasteiger charge is -2.09. The minimum absolute atomic E-state index is 0.143. The third-order valence-electron chi connectivity index (χ3n) is 1.85. The molecule has 5 heteroatoms. The Morgan fingerprint density at radius 3 is 2.75 bits per heavy atom. The van der Waals surface area contributed by atoms with Crippen LogP contribution in [0.3, 0.4) is 0 Å². The van der Waals surface area contributed by atoms with Crippen molar-refractivity contribution < 1.29 is 9.15 Å². The van der Waals surface area contributed by atoms with E-state index in [1.807, 2.05) is 38.1 Å². The molecule has 0 aliphatic carbocycles. The predicted molar refractivity (Wildman–Crippen MR) is 63.2 cm³/mol. The van der Waals surface area contributed by atoms with E-state index in [1.54, 1.807) is 0 Å². The van der Waals surface area contributed by atoms with Gasteiger partial charge in [0.2, 0.25) is 5.89 Å². The fraction of sp³-hybridized carbons (Fsp3) is 0.273. The molecule has 4 nitrogen and oxygen atoms in total. The van der Waals surface area contributed by atoms with Crippen LogP contribution in [0.4, 0.5) is 0 Å². The van der Waals surface area contributed by atoms with Gasteiger partial charge in [-0.2, -0.15) is 0 Å². The highest BCUT2D eigenvalue weighted by atomic mass is 79.9. The van der Waals surface area contributed by atoms with E-state index in [1.165, 1.54) is 0 Å². The Labute approximate surface area is 102 Å². The Balaban J connectivity index is 2.28. The first-order valence-electron chi connectivity index (χ1n) is 4.91. The Kier molecular flexibility index (Phi) is 3.24. The largest absolute Gasteiger partial charge is 0.491 e. The van der Waals surface area contributed by atoms with Crippen molar-refractivity contribution in [3.63, 3.8) is 0 Å². The van der Waals surface area contributed by atoms with Crippen LogP contribution in [0.25, 0.3) is 11.5 Å². The summed E-state index contributed by atoms with van der Waals surface area (Å²) in [5, 5.41) is 7.63. The number of hydrogen-bond donors (Lipinski definition) is 0. The molecule has 1 aromatic heterocycles. The van der Waals surface area contributed by atoms with Crippen LogP contribution in [0.5, 0.6) is 5.75 Å². The van der Waals surface area contributed by atoms with Gasteiger partial charge >= 0.3 is 0 Å². The molecule has 0 spiro atoms. The van der Waals surface area contributed by atoms with Gasteiger partial charge in [0.25, 0.3) is 4.80 Å². The summed E-state index contributed by atoms with van der Waals surface area (Å²) in [5.41, 5.74) is 0.844. The second-order valence-electron chi connectivity index (χ2n) is 3.55. The molecule has 0 atom stereocenters. The first-order valence-corrected chi connectivity index (χ1v) is 5.70. The molecule has 1 heterocycles. The summed E-state index contributed by atoms with van der Waals surface area (Å²) in [6.45, 7) is 3.96. The van der Waals surface area contributed by atoms with E-state index in [0.29, 0.717) is 10.7 Å². The Morgan fingerprint density at radius 1 is 1.31 bits per heavy atom. The summed E-state index contributed by atoms with van der Waals surface area (Å²) in [7, 11) is 0. The lowest BCUT2D eigenvalue weighted by molar-refractivity contribution is 0.242. The average Bonchev–Trinajstić information content (AvgIpc) is 2.64. The molecule has 0 bridgehead atoms. The molecule has 2 aromatic rings. The number of rotatable bonds is 3. The highest BCUT2D eigenvalue weighted by molar-refractivity contribution is 9.10. The molecule has 1 aromatic carbocycles. The molecule has 2 rings (SSSR count). The van der Waals surface area contributed by atoms with Crippen molar-refractivity contribution in [1.29, 1.82) is 0 Å². The fourth-order valence-electron chi connectivity index (χ4n) is 1.30. The molecule has 0 N–H and O–H groups in total. The van der Waals surface area contributed by atoms with Crippen LogP contribution in [0, 0.1) is 0 Å². The molecule has 0 aliphatic rings. The van der Waals surface area contributed by atoms with Crippen LogP contribution >= 0.6 is 15.9 Å². The zero-order valence-corrected chi connectivity index (χ0v) is 10.6. The van der Waals surface area contributed by atoms with Crippen LogP contribution in [-0.2, 0) is 0 Å². The van der Waals surface area contributed by atoms with E-state index >= 15 is 0 Å². The van der Waals surface area contributed by atoms with E-state index in [2.05, 4.69) is 26.1 Å². The molecule has 0 unspecified atom stereocenters. The molecule has 0 saturated heterocycles. The van der Waals surface area contributed by atoms with Gasteiger partial charge in [-0.05, 0) is 32.0 Å². The predicted octanol–water partition coefficient (Wildman–Crippen LogP) is 3.29. The summed E-state index contributed by atoms with van der Waals surface area (Å²) >= 11 is 3.12. The number of nitrogens with zero attached hydrogens (tertiary/aromatic N) is 2. The van der Waals surface area contributed by atoms with Crippen molar-refractivity contribution >= 4 is 15.9 Å². The number of ether oxygens (including phenoxy) is 1. The molecular weight excluding hydrogens is 272 g/mol. The van der Waals surface area contributed by atoms with E-state index in [-0.39, 0.29) is 6.10 Å². The number of hydrogen-bond acceptors (Lipinski definition) is 4. The maximum absolute atomic E-state index is 5.58. The van der Waals surface area contributed by atoms with Crippen molar-refractivity contribution in [2.75, 3.05) is 0 Å². The minimum Gasteiger partial charge on any atom is -0.491 e. The lowest BCUT2D eigenvalue weighted by Crippen LogP contribution is -2.05. The molecule has 0 aliphatic heterocycles. The van der Waals surface area contributed by atoms with Crippen LogP contribution in [0.1, 0.15) is 13.8 Å². The second-order valence-corrected chi connectivity index (χ2v) is 4.23. The van der Waals surface area contributed by atoms with E-state index < -0.39 is 0 Å². The minimum atomic E-state index is 0.143. The SMILES string of the molecule is CC(C)Oc1cccc(-c2nnc(Br)o2)c1. The van der Waals surface area contributed by atoms with Gasteiger partial charge in [-0.15, -0.1) is 10.2 Å². The van der Waals surface area contributed by atoms with Crippen molar-refractivity contribution in [1.82, 2.24) is 10.2 Å². The topological polar surface area (TPSA) is 48.2 Å². The van der Waals surface area contributed by atoms with Crippen molar-refractivity contribution in [2.45, 2.75) is 20.0 Å². The maximum atomic E-state index is 5.58. The number of aromatic nitrogens is 2. The van der Waals surface area contributed by atoms with Gasteiger partial charge in [-0.3, -0.25) is 0 Å². The molecule has 0 saturated carbocycles. The average molecular weight is 283 g/mol. The van der Waals surface area contributed by atoms with Gasteiger partial charge in [0.1, 0.15) is 5.75 Å². The molecule has 0 amide bonds. The van der Waals surface area contributed by atoms with Crippen molar-refractivity contribution in [3.8, 4) is 17.2 Å². The third kappa shape index (κ3) is 2.61. The normalized spacial score (nSPS) is 10.8. The smallest absolute Gasteiger partial charge is 0.285 e. The van der Waals surface area contributed by atoms with Crippen molar-refractivity contribution in [3.05, 3.63) is 29.1 Å².